The van der Waals surface area contributed by atoms with E-state index in [1.807, 2.05) is 25.4 Å². The van der Waals surface area contributed by atoms with Crippen LogP contribution in [0.4, 0.5) is 0 Å². The van der Waals surface area contributed by atoms with Crippen LogP contribution in [-0.2, 0) is 13.1 Å². The Morgan fingerprint density at radius 3 is 2.69 bits per heavy atom. The second-order valence-electron chi connectivity index (χ2n) is 7.84. The molecule has 0 spiro atoms. The smallest absolute Gasteiger partial charge is 0.231 e. The van der Waals surface area contributed by atoms with Crippen molar-refractivity contribution >= 4 is 40.8 Å². The molecule has 168 valence electrons. The van der Waals surface area contributed by atoms with Gasteiger partial charge < -0.3 is 19.7 Å². The minimum absolute atomic E-state index is 0. The number of aliphatic imine (C=N–C) groups is 1. The van der Waals surface area contributed by atoms with Gasteiger partial charge in [-0.15, -0.1) is 24.0 Å². The molecule has 1 fully saturated rings. The Morgan fingerprint density at radius 1 is 1.03 bits per heavy atom. The van der Waals surface area contributed by atoms with Crippen molar-refractivity contribution in [3.63, 3.8) is 0 Å². The SMILES string of the molecule is CN=C(NCc1cccc2cccnc12)N1CCN(Cc2ccc3c(c2)OCO3)CC1.I. The number of ether oxygens (including phenoxy) is 2. The highest BCUT2D eigenvalue weighted by Gasteiger charge is 2.21. The largest absolute Gasteiger partial charge is 0.454 e. The van der Waals surface area contributed by atoms with E-state index in [9.17, 15) is 0 Å². The van der Waals surface area contributed by atoms with Gasteiger partial charge in [-0.25, -0.2) is 0 Å². The highest BCUT2D eigenvalue weighted by Crippen LogP contribution is 2.32. The molecular formula is C24H28IN5O2. The third-order valence-electron chi connectivity index (χ3n) is 5.88. The number of benzene rings is 2. The third-order valence-corrected chi connectivity index (χ3v) is 5.88. The lowest BCUT2D eigenvalue weighted by atomic mass is 10.1. The van der Waals surface area contributed by atoms with Gasteiger partial charge in [0, 0.05) is 57.9 Å². The molecule has 8 heteroatoms. The van der Waals surface area contributed by atoms with Crippen molar-refractivity contribution < 1.29 is 9.47 Å². The van der Waals surface area contributed by atoms with Gasteiger partial charge in [0.15, 0.2) is 17.5 Å². The van der Waals surface area contributed by atoms with Gasteiger partial charge in [0.1, 0.15) is 0 Å². The maximum Gasteiger partial charge on any atom is 0.231 e. The Hall–Kier alpha value is -2.59. The molecule has 0 amide bonds. The summed E-state index contributed by atoms with van der Waals surface area (Å²) in [5.41, 5.74) is 3.48. The summed E-state index contributed by atoms with van der Waals surface area (Å²) in [7, 11) is 1.85. The number of halogens is 1. The van der Waals surface area contributed by atoms with Crippen molar-refractivity contribution in [1.29, 1.82) is 0 Å². The molecule has 0 radical (unpaired) electrons. The van der Waals surface area contributed by atoms with Crippen LogP contribution < -0.4 is 14.8 Å². The lowest BCUT2D eigenvalue weighted by Gasteiger charge is -2.36. The van der Waals surface area contributed by atoms with Crippen LogP contribution in [0.5, 0.6) is 11.5 Å². The molecule has 0 unspecified atom stereocenters. The molecule has 2 aliphatic rings. The van der Waals surface area contributed by atoms with E-state index in [0.717, 1.165) is 61.1 Å². The number of guanidine groups is 1. The van der Waals surface area contributed by atoms with Gasteiger partial charge in [0.05, 0.1) is 5.52 Å². The van der Waals surface area contributed by atoms with E-state index in [-0.39, 0.29) is 24.0 Å². The Kier molecular flexibility index (Phi) is 7.31. The zero-order chi connectivity index (χ0) is 21.0. The molecule has 1 aromatic heterocycles. The van der Waals surface area contributed by atoms with Gasteiger partial charge in [-0.3, -0.25) is 14.9 Å². The lowest BCUT2D eigenvalue weighted by Crippen LogP contribution is -2.52. The van der Waals surface area contributed by atoms with Crippen LogP contribution in [0.15, 0.2) is 59.7 Å². The Bertz CT molecular complexity index is 1090. The summed E-state index contributed by atoms with van der Waals surface area (Å²) in [5.74, 6) is 2.63. The molecule has 0 aliphatic carbocycles. The van der Waals surface area contributed by atoms with Crippen molar-refractivity contribution in [3.8, 4) is 11.5 Å². The normalized spacial score (nSPS) is 16.2. The van der Waals surface area contributed by atoms with Crippen LogP contribution in [0.2, 0.25) is 0 Å². The molecule has 3 heterocycles. The quantitative estimate of drug-likeness (QED) is 0.308. The Morgan fingerprint density at radius 2 is 1.84 bits per heavy atom. The predicted molar refractivity (Wildman–Crippen MR) is 137 cm³/mol. The van der Waals surface area contributed by atoms with Crippen LogP contribution in [0, 0.1) is 0 Å². The molecule has 32 heavy (non-hydrogen) atoms. The van der Waals surface area contributed by atoms with Gasteiger partial charge in [0.25, 0.3) is 0 Å². The first-order valence-electron chi connectivity index (χ1n) is 10.7. The molecule has 0 bridgehead atoms. The molecule has 1 N–H and O–H groups in total. The topological polar surface area (TPSA) is 62.2 Å². The average molecular weight is 545 g/mol. The Balaban J connectivity index is 0.00000245. The average Bonchev–Trinajstić information content (AvgIpc) is 3.28. The summed E-state index contributed by atoms with van der Waals surface area (Å²) in [6.07, 6.45) is 1.85. The summed E-state index contributed by atoms with van der Waals surface area (Å²) in [5, 5.41) is 4.69. The van der Waals surface area contributed by atoms with E-state index >= 15 is 0 Å². The van der Waals surface area contributed by atoms with Gasteiger partial charge in [-0.05, 0) is 29.3 Å². The van der Waals surface area contributed by atoms with E-state index in [4.69, 9.17) is 9.47 Å². The van der Waals surface area contributed by atoms with Crippen LogP contribution in [-0.4, -0.2) is 60.8 Å². The zero-order valence-electron chi connectivity index (χ0n) is 18.2. The molecule has 1 saturated heterocycles. The van der Waals surface area contributed by atoms with Gasteiger partial charge in [-0.2, -0.15) is 0 Å². The summed E-state index contributed by atoms with van der Waals surface area (Å²) >= 11 is 0. The number of rotatable bonds is 4. The van der Waals surface area contributed by atoms with Crippen molar-refractivity contribution in [1.82, 2.24) is 20.1 Å². The minimum Gasteiger partial charge on any atom is -0.454 e. The number of hydrogen-bond acceptors (Lipinski definition) is 5. The second-order valence-corrected chi connectivity index (χ2v) is 7.84. The molecule has 5 rings (SSSR count). The fourth-order valence-corrected chi connectivity index (χ4v) is 4.23. The Labute approximate surface area is 205 Å². The first-order chi connectivity index (χ1) is 15.3. The molecule has 2 aromatic carbocycles. The summed E-state index contributed by atoms with van der Waals surface area (Å²) < 4.78 is 10.9. The van der Waals surface area contributed by atoms with Crippen LogP contribution in [0.25, 0.3) is 10.9 Å². The minimum atomic E-state index is 0. The number of aromatic nitrogens is 1. The number of nitrogens with one attached hydrogen (secondary N) is 1. The number of pyridine rings is 1. The number of fused-ring (bicyclic) bond motifs is 2. The van der Waals surface area contributed by atoms with E-state index in [1.54, 1.807) is 0 Å². The molecular weight excluding hydrogens is 517 g/mol. The maximum absolute atomic E-state index is 5.50. The molecule has 0 saturated carbocycles. The fraction of sp³-hybridized carbons (Fsp3) is 0.333. The number of hydrogen-bond donors (Lipinski definition) is 1. The fourth-order valence-electron chi connectivity index (χ4n) is 4.23. The number of piperazine rings is 1. The van der Waals surface area contributed by atoms with E-state index in [0.29, 0.717) is 13.3 Å². The van der Waals surface area contributed by atoms with Crippen LogP contribution in [0.3, 0.4) is 0 Å². The van der Waals surface area contributed by atoms with E-state index in [2.05, 4.69) is 61.5 Å². The van der Waals surface area contributed by atoms with Gasteiger partial charge in [0.2, 0.25) is 6.79 Å². The van der Waals surface area contributed by atoms with Crippen LogP contribution in [0.1, 0.15) is 11.1 Å². The van der Waals surface area contributed by atoms with Crippen molar-refractivity contribution in [3.05, 3.63) is 65.9 Å². The van der Waals surface area contributed by atoms with Crippen LogP contribution >= 0.6 is 24.0 Å². The molecule has 0 atom stereocenters. The van der Waals surface area contributed by atoms with Gasteiger partial charge in [-0.1, -0.05) is 30.3 Å². The number of nitrogens with zero attached hydrogens (tertiary/aromatic N) is 4. The molecule has 2 aliphatic heterocycles. The highest BCUT2D eigenvalue weighted by atomic mass is 127. The summed E-state index contributed by atoms with van der Waals surface area (Å²) in [4.78, 5) is 13.9. The summed E-state index contributed by atoms with van der Waals surface area (Å²) in [6, 6.07) is 16.6. The monoisotopic (exact) mass is 545 g/mol. The standard InChI is InChI=1S/C24H27N5O2.HI/c1-25-24(27-15-20-5-2-4-19-6-3-9-26-23(19)20)29-12-10-28(11-13-29)16-18-7-8-21-22(14-18)31-17-30-21;/h2-9,14H,10-13,15-17H2,1H3,(H,25,27);1H. The van der Waals surface area contributed by atoms with Gasteiger partial charge >= 0.3 is 0 Å². The molecule has 7 nitrogen and oxygen atoms in total. The van der Waals surface area contributed by atoms with Crippen molar-refractivity contribution in [2.45, 2.75) is 13.1 Å². The number of para-hydroxylation sites is 1. The van der Waals surface area contributed by atoms with Crippen molar-refractivity contribution in [2.75, 3.05) is 40.0 Å². The maximum atomic E-state index is 5.50. The highest BCUT2D eigenvalue weighted by molar-refractivity contribution is 14.0. The first-order valence-corrected chi connectivity index (χ1v) is 10.7. The third kappa shape index (κ3) is 4.91. The first kappa shape index (κ1) is 22.6. The molecule has 3 aromatic rings. The second kappa shape index (κ2) is 10.4. The zero-order valence-corrected chi connectivity index (χ0v) is 20.5. The van der Waals surface area contributed by atoms with E-state index < -0.39 is 0 Å². The van der Waals surface area contributed by atoms with E-state index in [1.165, 1.54) is 11.1 Å². The predicted octanol–water partition coefficient (Wildman–Crippen LogP) is 3.47. The lowest BCUT2D eigenvalue weighted by molar-refractivity contribution is 0.171. The van der Waals surface area contributed by atoms with Crippen molar-refractivity contribution in [2.24, 2.45) is 4.99 Å². The summed E-state index contributed by atoms with van der Waals surface area (Å²) in [6.45, 7) is 5.81.